The van der Waals surface area contributed by atoms with E-state index in [9.17, 15) is 4.79 Å². The molecular weight excluding hydrogens is 296 g/mol. The van der Waals surface area contributed by atoms with Gasteiger partial charge in [-0.05, 0) is 29.2 Å². The zero-order chi connectivity index (χ0) is 15.8. The average molecular weight is 312 g/mol. The van der Waals surface area contributed by atoms with E-state index in [1.807, 2.05) is 24.3 Å². The summed E-state index contributed by atoms with van der Waals surface area (Å²) in [7, 11) is 1.62. The predicted octanol–water partition coefficient (Wildman–Crippen LogP) is 2.66. The van der Waals surface area contributed by atoms with Crippen LogP contribution in [0.25, 0.3) is 0 Å². The molecule has 2 aromatic rings. The number of anilines is 2. The molecule has 2 heterocycles. The molecule has 7 heteroatoms. The van der Waals surface area contributed by atoms with E-state index in [1.54, 1.807) is 7.11 Å². The van der Waals surface area contributed by atoms with Crippen LogP contribution >= 0.6 is 0 Å². The van der Waals surface area contributed by atoms with Crippen LogP contribution in [0.4, 0.5) is 11.6 Å². The van der Waals surface area contributed by atoms with Crippen molar-refractivity contribution in [3.8, 4) is 5.75 Å². The van der Waals surface area contributed by atoms with Gasteiger partial charge in [-0.2, -0.15) is 0 Å². The molecule has 0 radical (unpaired) electrons. The van der Waals surface area contributed by atoms with Gasteiger partial charge in [0.1, 0.15) is 5.75 Å². The third-order valence-corrected chi connectivity index (χ3v) is 4.23. The number of carbonyl (C=O) groups excluding carboxylic acids is 1. The van der Waals surface area contributed by atoms with E-state index in [2.05, 4.69) is 20.9 Å². The van der Waals surface area contributed by atoms with E-state index in [-0.39, 0.29) is 11.8 Å². The van der Waals surface area contributed by atoms with Crippen molar-refractivity contribution in [1.82, 2.24) is 10.3 Å². The van der Waals surface area contributed by atoms with Gasteiger partial charge >= 0.3 is 0 Å². The lowest BCUT2D eigenvalue weighted by atomic mass is 9.86. The molecular formula is C16H16N4O3. The average Bonchev–Trinajstić information content (AvgIpc) is 2.94. The van der Waals surface area contributed by atoms with Crippen LogP contribution in [-0.2, 0) is 4.79 Å². The maximum Gasteiger partial charge on any atom is 0.219 e. The van der Waals surface area contributed by atoms with Crippen LogP contribution in [0, 0.1) is 0 Å². The smallest absolute Gasteiger partial charge is 0.219 e. The first-order valence-electron chi connectivity index (χ1n) is 7.53. The molecule has 1 atom stereocenters. The number of para-hydroxylation sites is 1. The minimum Gasteiger partial charge on any atom is -0.496 e. The standard InChI is InChI=1S/C16H16N4O3/c1-22-12-8-3-2-5-9(12)14-13-10(6-4-7-11(13)21)17-15-16(18-14)20-23-19-15/h2-3,5,8,14H,4,6-7H2,1H3,(H,17,19)(H,18,20)/t14-/m0/s1. The highest BCUT2D eigenvalue weighted by Gasteiger charge is 2.34. The monoisotopic (exact) mass is 312 g/mol. The number of carbonyl (C=O) groups is 1. The summed E-state index contributed by atoms with van der Waals surface area (Å²) in [5.74, 6) is 1.84. The summed E-state index contributed by atoms with van der Waals surface area (Å²) in [6.45, 7) is 0. The van der Waals surface area contributed by atoms with Gasteiger partial charge in [0.25, 0.3) is 0 Å². The number of aromatic nitrogens is 2. The molecule has 118 valence electrons. The van der Waals surface area contributed by atoms with Gasteiger partial charge in [-0.25, -0.2) is 4.63 Å². The zero-order valence-electron chi connectivity index (χ0n) is 12.6. The molecule has 0 bridgehead atoms. The maximum atomic E-state index is 12.6. The van der Waals surface area contributed by atoms with Crippen molar-refractivity contribution < 1.29 is 14.2 Å². The molecule has 0 saturated heterocycles. The third-order valence-electron chi connectivity index (χ3n) is 4.23. The van der Waals surface area contributed by atoms with Gasteiger partial charge in [0.05, 0.1) is 13.2 Å². The van der Waals surface area contributed by atoms with Gasteiger partial charge in [0.15, 0.2) is 5.78 Å². The molecule has 1 aliphatic carbocycles. The number of ketones is 1. The molecule has 23 heavy (non-hydrogen) atoms. The Kier molecular flexibility index (Phi) is 3.25. The van der Waals surface area contributed by atoms with Gasteiger partial charge in [0.2, 0.25) is 11.6 Å². The predicted molar refractivity (Wildman–Crippen MR) is 83.2 cm³/mol. The second-order valence-electron chi connectivity index (χ2n) is 5.57. The van der Waals surface area contributed by atoms with Crippen molar-refractivity contribution in [1.29, 1.82) is 0 Å². The summed E-state index contributed by atoms with van der Waals surface area (Å²) in [6.07, 6.45) is 2.16. The Morgan fingerprint density at radius 3 is 2.91 bits per heavy atom. The number of fused-ring (bicyclic) bond motifs is 1. The second-order valence-corrected chi connectivity index (χ2v) is 5.57. The van der Waals surface area contributed by atoms with Crippen LogP contribution in [0.1, 0.15) is 30.9 Å². The molecule has 0 amide bonds. The first-order chi connectivity index (χ1) is 11.3. The Hall–Kier alpha value is -2.83. The van der Waals surface area contributed by atoms with Crippen molar-refractivity contribution in [2.24, 2.45) is 0 Å². The molecule has 2 aliphatic rings. The van der Waals surface area contributed by atoms with Crippen molar-refractivity contribution in [2.75, 3.05) is 17.7 Å². The van der Waals surface area contributed by atoms with Gasteiger partial charge < -0.3 is 15.4 Å². The zero-order valence-corrected chi connectivity index (χ0v) is 12.6. The Morgan fingerprint density at radius 2 is 2.04 bits per heavy atom. The Bertz CT molecular complexity index is 796. The first kappa shape index (κ1) is 13.8. The van der Waals surface area contributed by atoms with Crippen LogP contribution in [0.15, 0.2) is 40.2 Å². The van der Waals surface area contributed by atoms with Crippen LogP contribution in [0.2, 0.25) is 0 Å². The van der Waals surface area contributed by atoms with Crippen molar-refractivity contribution >= 4 is 17.4 Å². The number of Topliss-reactive ketones (excluding diaryl/α,β-unsaturated/α-hetero) is 1. The van der Waals surface area contributed by atoms with Crippen LogP contribution in [0.5, 0.6) is 5.75 Å². The molecule has 0 unspecified atom stereocenters. The summed E-state index contributed by atoms with van der Waals surface area (Å²) in [5.41, 5.74) is 2.48. The number of hydrogen-bond donors (Lipinski definition) is 2. The molecule has 0 fully saturated rings. The van der Waals surface area contributed by atoms with Gasteiger partial charge in [-0.15, -0.1) is 0 Å². The summed E-state index contributed by atoms with van der Waals surface area (Å²) in [5, 5.41) is 14.2. The number of rotatable bonds is 2. The molecule has 7 nitrogen and oxygen atoms in total. The number of nitrogens with zero attached hydrogens (tertiary/aromatic N) is 2. The lowest BCUT2D eigenvalue weighted by Gasteiger charge is -2.26. The molecule has 1 aromatic heterocycles. The van der Waals surface area contributed by atoms with Gasteiger partial charge in [0, 0.05) is 23.3 Å². The second kappa shape index (κ2) is 5.42. The SMILES string of the molecule is COc1ccccc1[C@@H]1Nc2nonc2NC2=C1C(=O)CCC2. The number of benzene rings is 1. The van der Waals surface area contributed by atoms with Crippen LogP contribution < -0.4 is 15.4 Å². The first-order valence-corrected chi connectivity index (χ1v) is 7.53. The summed E-state index contributed by atoms with van der Waals surface area (Å²) in [6, 6.07) is 7.30. The van der Waals surface area contributed by atoms with E-state index in [0.717, 1.165) is 35.4 Å². The van der Waals surface area contributed by atoms with Crippen LogP contribution in [-0.4, -0.2) is 23.2 Å². The summed E-state index contributed by atoms with van der Waals surface area (Å²) >= 11 is 0. The Morgan fingerprint density at radius 1 is 1.22 bits per heavy atom. The normalized spacial score (nSPS) is 20.0. The Labute approximate surface area is 132 Å². The minimum atomic E-state index is -0.352. The lowest BCUT2D eigenvalue weighted by molar-refractivity contribution is -0.116. The molecule has 4 rings (SSSR count). The number of methoxy groups -OCH3 is 1. The fourth-order valence-electron chi connectivity index (χ4n) is 3.18. The largest absolute Gasteiger partial charge is 0.496 e. The van der Waals surface area contributed by atoms with Gasteiger partial charge in [-0.3, -0.25) is 4.79 Å². The molecule has 2 N–H and O–H groups in total. The fourth-order valence-corrected chi connectivity index (χ4v) is 3.18. The molecule has 0 spiro atoms. The highest BCUT2D eigenvalue weighted by atomic mass is 16.6. The maximum absolute atomic E-state index is 12.6. The number of hydrogen-bond acceptors (Lipinski definition) is 7. The summed E-state index contributed by atoms with van der Waals surface area (Å²) in [4.78, 5) is 12.6. The number of ether oxygens (including phenoxy) is 1. The quantitative estimate of drug-likeness (QED) is 0.881. The molecule has 1 aromatic carbocycles. The topological polar surface area (TPSA) is 89.3 Å². The highest BCUT2D eigenvalue weighted by Crippen LogP contribution is 2.41. The summed E-state index contributed by atoms with van der Waals surface area (Å²) < 4.78 is 10.3. The lowest BCUT2D eigenvalue weighted by Crippen LogP contribution is -2.24. The van der Waals surface area contributed by atoms with Crippen molar-refractivity contribution in [3.63, 3.8) is 0 Å². The van der Waals surface area contributed by atoms with E-state index in [4.69, 9.17) is 9.37 Å². The highest BCUT2D eigenvalue weighted by molar-refractivity contribution is 6.00. The van der Waals surface area contributed by atoms with E-state index < -0.39 is 0 Å². The minimum absolute atomic E-state index is 0.129. The number of nitrogens with one attached hydrogen (secondary N) is 2. The van der Waals surface area contributed by atoms with Crippen molar-refractivity contribution in [3.05, 3.63) is 41.1 Å². The third kappa shape index (κ3) is 2.25. The number of allylic oxidation sites excluding steroid dienone is 1. The van der Waals surface area contributed by atoms with E-state index in [0.29, 0.717) is 18.1 Å². The van der Waals surface area contributed by atoms with E-state index >= 15 is 0 Å². The van der Waals surface area contributed by atoms with Crippen LogP contribution in [0.3, 0.4) is 0 Å². The fraction of sp³-hybridized carbons (Fsp3) is 0.312. The van der Waals surface area contributed by atoms with E-state index in [1.165, 1.54) is 0 Å². The van der Waals surface area contributed by atoms with Crippen molar-refractivity contribution in [2.45, 2.75) is 25.3 Å². The van der Waals surface area contributed by atoms with Gasteiger partial charge in [-0.1, -0.05) is 18.2 Å². The molecule has 1 aliphatic heterocycles. The Balaban J connectivity index is 1.89. The molecule has 0 saturated carbocycles.